The van der Waals surface area contributed by atoms with E-state index in [0.717, 1.165) is 39.0 Å². The van der Waals surface area contributed by atoms with Crippen LogP contribution in [-0.2, 0) is 4.79 Å². The van der Waals surface area contributed by atoms with Gasteiger partial charge in [-0.3, -0.25) is 4.79 Å². The number of esters is 1. The lowest BCUT2D eigenvalue weighted by Gasteiger charge is -2.23. The van der Waals surface area contributed by atoms with Gasteiger partial charge >= 0.3 is 5.97 Å². The molecular weight excluding hydrogens is 344 g/mol. The Balaban J connectivity index is 2.43. The second-order valence-corrected chi connectivity index (χ2v) is 7.68. The predicted molar refractivity (Wildman–Crippen MR) is 120 cm³/mol. The summed E-state index contributed by atoms with van der Waals surface area (Å²) in [5.41, 5.74) is 7.41. The topological polar surface area (TPSA) is 26.3 Å². The summed E-state index contributed by atoms with van der Waals surface area (Å²) < 4.78 is 5.98. The minimum Gasteiger partial charge on any atom is -0.426 e. The fourth-order valence-corrected chi connectivity index (χ4v) is 3.68. The van der Waals surface area contributed by atoms with Crippen LogP contribution in [0.4, 0.5) is 0 Å². The van der Waals surface area contributed by atoms with E-state index in [1.807, 2.05) is 58.9 Å². The fourth-order valence-electron chi connectivity index (χ4n) is 3.68. The van der Waals surface area contributed by atoms with Gasteiger partial charge in [0, 0.05) is 5.56 Å². The quantitative estimate of drug-likeness (QED) is 0.400. The van der Waals surface area contributed by atoms with Crippen molar-refractivity contribution in [2.45, 2.75) is 54.4 Å². The van der Waals surface area contributed by atoms with Crippen molar-refractivity contribution in [1.29, 1.82) is 0 Å². The van der Waals surface area contributed by atoms with Crippen LogP contribution < -0.4 is 4.74 Å². The molecule has 0 aliphatic rings. The van der Waals surface area contributed by atoms with E-state index in [1.54, 1.807) is 0 Å². The van der Waals surface area contributed by atoms with Crippen LogP contribution in [0.1, 0.15) is 67.0 Å². The van der Waals surface area contributed by atoms with Gasteiger partial charge in [-0.25, -0.2) is 0 Å². The van der Waals surface area contributed by atoms with Gasteiger partial charge in [-0.15, -0.1) is 0 Å². The molecule has 0 saturated heterocycles. The van der Waals surface area contributed by atoms with Gasteiger partial charge in [-0.05, 0) is 68.4 Å². The van der Waals surface area contributed by atoms with Crippen molar-refractivity contribution < 1.29 is 9.53 Å². The maximum atomic E-state index is 13.0. The van der Waals surface area contributed by atoms with Crippen LogP contribution in [0.25, 0.3) is 11.6 Å². The van der Waals surface area contributed by atoms with Crippen molar-refractivity contribution in [3.05, 3.63) is 76.4 Å². The summed E-state index contributed by atoms with van der Waals surface area (Å²) in [6, 6.07) is 10.1. The molecule has 0 heterocycles. The average Bonchev–Trinajstić information content (AvgIpc) is 2.68. The highest BCUT2D eigenvalue weighted by Crippen LogP contribution is 2.38. The van der Waals surface area contributed by atoms with Gasteiger partial charge in [0.1, 0.15) is 5.75 Å². The predicted octanol–water partition coefficient (Wildman–Crippen LogP) is 7.02. The molecule has 0 spiro atoms. The fraction of sp³-hybridized carbons (Fsp3) is 0.346. The van der Waals surface area contributed by atoms with E-state index in [0.29, 0.717) is 5.75 Å². The van der Waals surface area contributed by atoms with Crippen LogP contribution >= 0.6 is 0 Å². The minimum atomic E-state index is -0.245. The standard InChI is InChI=1S/C26H32O2/c1-9-13-23-18(5)19(6)25(21(8)24(23)16(2)3)28-26(27)20(7)17(4)22-14-11-10-12-15-22/h9-15,17,20H,2H2,1,3-8H3/b13-9+/t17-,20-/m0/s1. The number of carbonyl (C=O) groups is 1. The van der Waals surface area contributed by atoms with Gasteiger partial charge in [-0.1, -0.05) is 68.5 Å². The van der Waals surface area contributed by atoms with Gasteiger partial charge in [0.05, 0.1) is 5.92 Å². The lowest BCUT2D eigenvalue weighted by Crippen LogP contribution is -2.24. The van der Waals surface area contributed by atoms with E-state index < -0.39 is 0 Å². The third kappa shape index (κ3) is 4.27. The first-order chi connectivity index (χ1) is 13.2. The van der Waals surface area contributed by atoms with Crippen LogP contribution in [0.3, 0.4) is 0 Å². The first-order valence-electron chi connectivity index (χ1n) is 9.89. The van der Waals surface area contributed by atoms with E-state index in [4.69, 9.17) is 4.74 Å². The Morgan fingerprint density at radius 2 is 1.64 bits per heavy atom. The Kier molecular flexibility index (Phi) is 7.01. The molecule has 0 aliphatic heterocycles. The molecule has 0 N–H and O–H groups in total. The zero-order valence-corrected chi connectivity index (χ0v) is 18.2. The van der Waals surface area contributed by atoms with Crippen molar-refractivity contribution in [2.75, 3.05) is 0 Å². The first-order valence-corrected chi connectivity index (χ1v) is 9.89. The van der Waals surface area contributed by atoms with Crippen LogP contribution in [0, 0.1) is 26.7 Å². The minimum absolute atomic E-state index is 0.0818. The number of rotatable bonds is 6. The second-order valence-electron chi connectivity index (χ2n) is 7.68. The monoisotopic (exact) mass is 376 g/mol. The number of hydrogen-bond acceptors (Lipinski definition) is 2. The number of allylic oxidation sites excluding steroid dienone is 2. The summed E-state index contributed by atoms with van der Waals surface area (Å²) in [5.74, 6) is 0.303. The highest BCUT2D eigenvalue weighted by atomic mass is 16.5. The summed E-state index contributed by atoms with van der Waals surface area (Å²) >= 11 is 0. The maximum Gasteiger partial charge on any atom is 0.314 e. The molecule has 0 radical (unpaired) electrons. The number of ether oxygens (including phenoxy) is 1. The van der Waals surface area contributed by atoms with Crippen molar-refractivity contribution in [1.82, 2.24) is 0 Å². The molecule has 0 aromatic heterocycles. The van der Waals surface area contributed by atoms with Crippen LogP contribution in [0.15, 0.2) is 43.0 Å². The summed E-state index contributed by atoms with van der Waals surface area (Å²) in [7, 11) is 0. The molecule has 0 aliphatic carbocycles. The molecule has 0 bridgehead atoms. The normalized spacial score (nSPS) is 13.4. The summed E-state index contributed by atoms with van der Waals surface area (Å²) in [6.45, 7) is 18.3. The molecule has 0 unspecified atom stereocenters. The van der Waals surface area contributed by atoms with Gasteiger partial charge in [0.2, 0.25) is 0 Å². The molecule has 2 aromatic rings. The van der Waals surface area contributed by atoms with Crippen LogP contribution in [0.5, 0.6) is 5.75 Å². The number of hydrogen-bond donors (Lipinski definition) is 0. The van der Waals surface area contributed by atoms with Crippen molar-refractivity contribution >= 4 is 17.6 Å². The molecule has 148 valence electrons. The van der Waals surface area contributed by atoms with E-state index >= 15 is 0 Å². The third-order valence-electron chi connectivity index (χ3n) is 5.70. The molecule has 0 saturated carbocycles. The molecule has 2 nitrogen and oxygen atoms in total. The van der Waals surface area contributed by atoms with Crippen molar-refractivity contribution in [2.24, 2.45) is 5.92 Å². The summed E-state index contributed by atoms with van der Waals surface area (Å²) in [6.07, 6.45) is 4.13. The van der Waals surface area contributed by atoms with Gasteiger partial charge < -0.3 is 4.74 Å². The van der Waals surface area contributed by atoms with E-state index in [-0.39, 0.29) is 17.8 Å². The molecule has 0 amide bonds. The van der Waals surface area contributed by atoms with Crippen LogP contribution in [0.2, 0.25) is 0 Å². The number of carbonyl (C=O) groups excluding carboxylic acids is 1. The zero-order chi connectivity index (χ0) is 21.0. The molecular formula is C26H32O2. The molecule has 2 heteroatoms. The van der Waals surface area contributed by atoms with Crippen molar-refractivity contribution in [3.63, 3.8) is 0 Å². The van der Waals surface area contributed by atoms with Crippen molar-refractivity contribution in [3.8, 4) is 5.75 Å². The Morgan fingerprint density at radius 3 is 2.18 bits per heavy atom. The van der Waals surface area contributed by atoms with E-state index in [9.17, 15) is 4.79 Å². The third-order valence-corrected chi connectivity index (χ3v) is 5.70. The molecule has 2 aromatic carbocycles. The van der Waals surface area contributed by atoms with Gasteiger partial charge in [-0.2, -0.15) is 0 Å². The smallest absolute Gasteiger partial charge is 0.314 e. The molecule has 2 rings (SSSR count). The van der Waals surface area contributed by atoms with E-state index in [1.165, 1.54) is 0 Å². The molecule has 2 atom stereocenters. The maximum absolute atomic E-state index is 13.0. The highest BCUT2D eigenvalue weighted by Gasteiger charge is 2.26. The Bertz CT molecular complexity index is 904. The van der Waals surface area contributed by atoms with Gasteiger partial charge in [0.25, 0.3) is 0 Å². The largest absolute Gasteiger partial charge is 0.426 e. The molecule has 28 heavy (non-hydrogen) atoms. The Hall–Kier alpha value is -2.61. The van der Waals surface area contributed by atoms with Crippen LogP contribution in [-0.4, -0.2) is 5.97 Å². The summed E-state index contributed by atoms with van der Waals surface area (Å²) in [5, 5.41) is 0. The highest BCUT2D eigenvalue weighted by molar-refractivity contribution is 5.82. The first kappa shape index (κ1) is 21.7. The second kappa shape index (κ2) is 9.05. The van der Waals surface area contributed by atoms with E-state index in [2.05, 4.69) is 38.6 Å². The SMILES string of the molecule is C=C(C)c1c(C)c(OC(=O)[C@@H](C)[C@H](C)c2ccccc2)c(C)c(C)c1/C=C/C. The number of benzene rings is 2. The lowest BCUT2D eigenvalue weighted by molar-refractivity contribution is -0.139. The summed E-state index contributed by atoms with van der Waals surface area (Å²) in [4.78, 5) is 13.0. The van der Waals surface area contributed by atoms with Gasteiger partial charge in [0.15, 0.2) is 0 Å². The molecule has 0 fully saturated rings. The lowest BCUT2D eigenvalue weighted by atomic mass is 9.88. The Labute approximate surface area is 169 Å². The zero-order valence-electron chi connectivity index (χ0n) is 18.2. The average molecular weight is 377 g/mol. The Morgan fingerprint density at radius 1 is 1.04 bits per heavy atom.